The molecule has 22 heavy (non-hydrogen) atoms. The topological polar surface area (TPSA) is 75.1 Å². The predicted octanol–water partition coefficient (Wildman–Crippen LogP) is 3.54. The molecule has 0 saturated heterocycles. The Hall–Kier alpha value is -2.22. The first-order valence-corrected chi connectivity index (χ1v) is 7.70. The molecule has 0 amide bonds. The maximum absolute atomic E-state index is 11.1. The summed E-state index contributed by atoms with van der Waals surface area (Å²) in [5.41, 5.74) is 1.38. The first-order chi connectivity index (χ1) is 10.6. The molecule has 6 heteroatoms. The SMILES string of the molecule is O=C(O)c1ccc2c(NCc3ccccc3)nnc(I)c2c1. The fraction of sp³-hybridized carbons (Fsp3) is 0.0625. The zero-order valence-corrected chi connectivity index (χ0v) is 13.6. The van der Waals surface area contributed by atoms with Crippen molar-refractivity contribution in [1.82, 2.24) is 10.2 Å². The highest BCUT2D eigenvalue weighted by Crippen LogP contribution is 2.25. The number of halogens is 1. The van der Waals surface area contributed by atoms with E-state index in [0.717, 1.165) is 16.3 Å². The van der Waals surface area contributed by atoms with Crippen LogP contribution in [-0.2, 0) is 6.54 Å². The van der Waals surface area contributed by atoms with Gasteiger partial charge in [-0.2, -0.15) is 0 Å². The van der Waals surface area contributed by atoms with E-state index in [0.29, 0.717) is 16.1 Å². The van der Waals surface area contributed by atoms with Crippen molar-refractivity contribution in [3.63, 3.8) is 0 Å². The van der Waals surface area contributed by atoms with Crippen molar-refractivity contribution in [3.8, 4) is 0 Å². The van der Waals surface area contributed by atoms with Gasteiger partial charge in [0.1, 0.15) is 3.70 Å². The van der Waals surface area contributed by atoms with E-state index >= 15 is 0 Å². The molecule has 3 aromatic rings. The molecule has 0 bridgehead atoms. The molecular weight excluding hydrogens is 393 g/mol. The Morgan fingerprint density at radius 1 is 1.09 bits per heavy atom. The number of benzene rings is 2. The maximum atomic E-state index is 11.1. The highest BCUT2D eigenvalue weighted by atomic mass is 127. The van der Waals surface area contributed by atoms with E-state index < -0.39 is 5.97 Å². The molecule has 1 heterocycles. The van der Waals surface area contributed by atoms with E-state index in [2.05, 4.69) is 38.1 Å². The first kappa shape index (κ1) is 14.7. The van der Waals surface area contributed by atoms with Crippen LogP contribution in [0.25, 0.3) is 10.8 Å². The van der Waals surface area contributed by atoms with E-state index in [1.165, 1.54) is 0 Å². The van der Waals surface area contributed by atoms with Crippen LogP contribution in [0.5, 0.6) is 0 Å². The number of carboxylic acid groups (broad SMARTS) is 1. The highest BCUT2D eigenvalue weighted by Gasteiger charge is 2.11. The minimum absolute atomic E-state index is 0.243. The van der Waals surface area contributed by atoms with Crippen LogP contribution in [0.2, 0.25) is 0 Å². The molecular formula is C16H12IN3O2. The molecule has 0 saturated carbocycles. The number of aromatic carboxylic acids is 1. The van der Waals surface area contributed by atoms with Crippen molar-refractivity contribution in [2.45, 2.75) is 6.54 Å². The summed E-state index contributed by atoms with van der Waals surface area (Å²) in [6, 6.07) is 15.0. The lowest BCUT2D eigenvalue weighted by molar-refractivity contribution is 0.0697. The minimum atomic E-state index is -0.951. The molecule has 0 spiro atoms. The summed E-state index contributed by atoms with van der Waals surface area (Å²) in [5.74, 6) is -0.301. The lowest BCUT2D eigenvalue weighted by atomic mass is 10.1. The molecule has 0 aliphatic heterocycles. The van der Waals surface area contributed by atoms with Gasteiger partial charge >= 0.3 is 5.97 Å². The van der Waals surface area contributed by atoms with Gasteiger partial charge < -0.3 is 10.4 Å². The smallest absolute Gasteiger partial charge is 0.335 e. The summed E-state index contributed by atoms with van der Waals surface area (Å²) in [4.78, 5) is 11.1. The normalized spacial score (nSPS) is 10.6. The summed E-state index contributed by atoms with van der Waals surface area (Å²) >= 11 is 2.06. The van der Waals surface area contributed by atoms with Gasteiger partial charge in [0.05, 0.1) is 5.56 Å². The Balaban J connectivity index is 1.96. The summed E-state index contributed by atoms with van der Waals surface area (Å²) in [5, 5.41) is 22.3. The Bertz CT molecular complexity index is 837. The lowest BCUT2D eigenvalue weighted by Crippen LogP contribution is -2.05. The van der Waals surface area contributed by atoms with E-state index in [1.807, 2.05) is 30.3 Å². The highest BCUT2D eigenvalue weighted by molar-refractivity contribution is 14.1. The van der Waals surface area contributed by atoms with Crippen molar-refractivity contribution >= 4 is 45.2 Å². The molecule has 5 nitrogen and oxygen atoms in total. The van der Waals surface area contributed by atoms with Gasteiger partial charge in [0, 0.05) is 17.3 Å². The average Bonchev–Trinajstić information content (AvgIpc) is 2.55. The van der Waals surface area contributed by atoms with E-state index in [4.69, 9.17) is 5.11 Å². The maximum Gasteiger partial charge on any atom is 0.335 e. The molecule has 0 aliphatic carbocycles. The van der Waals surface area contributed by atoms with E-state index in [9.17, 15) is 4.79 Å². The zero-order chi connectivity index (χ0) is 15.5. The van der Waals surface area contributed by atoms with Gasteiger partial charge in [-0.05, 0) is 46.4 Å². The van der Waals surface area contributed by atoms with Gasteiger partial charge in [-0.3, -0.25) is 0 Å². The second kappa shape index (κ2) is 6.27. The second-order valence-corrected chi connectivity index (χ2v) is 5.77. The quantitative estimate of drug-likeness (QED) is 0.650. The molecule has 0 atom stereocenters. The van der Waals surface area contributed by atoms with Gasteiger partial charge in [0.15, 0.2) is 5.82 Å². The van der Waals surface area contributed by atoms with E-state index in [1.54, 1.807) is 18.2 Å². The standard InChI is InChI=1S/C16H12IN3O2/c17-14-13-8-11(16(21)22)6-7-12(13)15(20-19-14)18-9-10-4-2-1-3-5-10/h1-8H,9H2,(H,18,20)(H,21,22). The average molecular weight is 405 g/mol. The van der Waals surface area contributed by atoms with Crippen LogP contribution in [0, 0.1) is 3.70 Å². The predicted molar refractivity (Wildman–Crippen MR) is 93.0 cm³/mol. The van der Waals surface area contributed by atoms with Crippen molar-refractivity contribution in [1.29, 1.82) is 0 Å². The number of fused-ring (bicyclic) bond motifs is 1. The second-order valence-electron chi connectivity index (χ2n) is 4.74. The molecule has 2 aromatic carbocycles. The first-order valence-electron chi connectivity index (χ1n) is 6.62. The van der Waals surface area contributed by atoms with Crippen LogP contribution in [0.1, 0.15) is 15.9 Å². The third-order valence-corrected chi connectivity index (χ3v) is 4.08. The van der Waals surface area contributed by atoms with Crippen LogP contribution in [-0.4, -0.2) is 21.3 Å². The van der Waals surface area contributed by atoms with Gasteiger partial charge in [0.2, 0.25) is 0 Å². The van der Waals surface area contributed by atoms with Gasteiger partial charge in [-0.1, -0.05) is 30.3 Å². The largest absolute Gasteiger partial charge is 0.478 e. The van der Waals surface area contributed by atoms with Crippen molar-refractivity contribution in [2.75, 3.05) is 5.32 Å². The number of anilines is 1. The zero-order valence-electron chi connectivity index (χ0n) is 11.5. The molecule has 0 fully saturated rings. The number of rotatable bonds is 4. The third-order valence-electron chi connectivity index (χ3n) is 3.28. The van der Waals surface area contributed by atoms with Gasteiger partial charge in [0.25, 0.3) is 0 Å². The number of hydrogen-bond acceptors (Lipinski definition) is 4. The summed E-state index contributed by atoms with van der Waals surface area (Å²) < 4.78 is 0.681. The van der Waals surface area contributed by atoms with Crippen molar-refractivity contribution in [2.24, 2.45) is 0 Å². The van der Waals surface area contributed by atoms with Crippen LogP contribution < -0.4 is 5.32 Å². The van der Waals surface area contributed by atoms with Gasteiger partial charge in [-0.15, -0.1) is 10.2 Å². The van der Waals surface area contributed by atoms with Crippen molar-refractivity contribution in [3.05, 3.63) is 63.4 Å². The number of nitrogens with one attached hydrogen (secondary N) is 1. The molecule has 0 aliphatic rings. The fourth-order valence-electron chi connectivity index (χ4n) is 2.17. The number of nitrogens with zero attached hydrogens (tertiary/aromatic N) is 2. The van der Waals surface area contributed by atoms with E-state index in [-0.39, 0.29) is 5.56 Å². The third kappa shape index (κ3) is 3.01. The Labute approximate surface area is 140 Å². The van der Waals surface area contributed by atoms with Crippen molar-refractivity contribution < 1.29 is 9.90 Å². The van der Waals surface area contributed by atoms with Gasteiger partial charge in [-0.25, -0.2) is 4.79 Å². The van der Waals surface area contributed by atoms with Crippen LogP contribution in [0.4, 0.5) is 5.82 Å². The minimum Gasteiger partial charge on any atom is -0.478 e. The fourth-order valence-corrected chi connectivity index (χ4v) is 2.72. The van der Waals surface area contributed by atoms with Crippen LogP contribution in [0.3, 0.4) is 0 Å². The molecule has 110 valence electrons. The Morgan fingerprint density at radius 2 is 1.86 bits per heavy atom. The number of carbonyl (C=O) groups is 1. The summed E-state index contributed by atoms with van der Waals surface area (Å²) in [6.45, 7) is 0.631. The van der Waals surface area contributed by atoms with Crippen LogP contribution in [0.15, 0.2) is 48.5 Å². The molecule has 1 aromatic heterocycles. The Kier molecular flexibility index (Phi) is 4.19. The summed E-state index contributed by atoms with van der Waals surface area (Å²) in [7, 11) is 0. The molecule has 0 radical (unpaired) electrons. The molecule has 0 unspecified atom stereocenters. The molecule has 2 N–H and O–H groups in total. The lowest BCUT2D eigenvalue weighted by Gasteiger charge is -2.09. The van der Waals surface area contributed by atoms with Crippen LogP contribution >= 0.6 is 22.6 Å². The molecule has 3 rings (SSSR count). The Morgan fingerprint density at radius 3 is 2.59 bits per heavy atom. The monoisotopic (exact) mass is 405 g/mol. The number of carboxylic acids is 1. The summed E-state index contributed by atoms with van der Waals surface area (Å²) in [6.07, 6.45) is 0. The number of aromatic nitrogens is 2. The number of hydrogen-bond donors (Lipinski definition) is 2.